The van der Waals surface area contributed by atoms with Gasteiger partial charge in [-0.25, -0.2) is 4.79 Å². The van der Waals surface area contributed by atoms with Gasteiger partial charge in [0.05, 0.1) is 17.1 Å². The SMILES string of the molecule is CC(=O)c1cc(C(=O)N(C)C)c(NC(C)CCCCOC(N)=O)c([N+](=O)[O-])c1. The number of ketones is 1. The van der Waals surface area contributed by atoms with Gasteiger partial charge in [0.2, 0.25) is 0 Å². The molecule has 0 radical (unpaired) electrons. The number of nitro groups is 1. The van der Waals surface area contributed by atoms with Crippen LogP contribution < -0.4 is 11.1 Å². The van der Waals surface area contributed by atoms with E-state index < -0.39 is 16.9 Å². The average Bonchev–Trinajstić information content (AvgIpc) is 2.59. The number of carbonyl (C=O) groups is 3. The predicted octanol–water partition coefficient (Wildman–Crippen LogP) is 2.57. The molecule has 10 heteroatoms. The molecular formula is C18H26N4O6. The number of unbranched alkanes of at least 4 members (excludes halogenated alkanes) is 1. The van der Waals surface area contributed by atoms with Crippen molar-refractivity contribution < 1.29 is 24.0 Å². The van der Waals surface area contributed by atoms with Gasteiger partial charge in [0.1, 0.15) is 5.69 Å². The number of primary amides is 1. The number of nitro benzene ring substituents is 1. The number of nitrogens with zero attached hydrogens (tertiary/aromatic N) is 2. The molecule has 0 aliphatic rings. The molecule has 28 heavy (non-hydrogen) atoms. The number of rotatable bonds is 10. The minimum atomic E-state index is -0.834. The van der Waals surface area contributed by atoms with E-state index in [-0.39, 0.29) is 40.9 Å². The molecule has 1 rings (SSSR count). The van der Waals surface area contributed by atoms with E-state index in [0.717, 1.165) is 0 Å². The summed E-state index contributed by atoms with van der Waals surface area (Å²) >= 11 is 0. The summed E-state index contributed by atoms with van der Waals surface area (Å²) in [6.07, 6.45) is 1.05. The zero-order valence-electron chi connectivity index (χ0n) is 16.5. The molecule has 0 aromatic heterocycles. The lowest BCUT2D eigenvalue weighted by Crippen LogP contribution is -2.26. The Balaban J connectivity index is 3.10. The molecule has 10 nitrogen and oxygen atoms in total. The molecule has 1 aromatic rings. The van der Waals surface area contributed by atoms with Crippen LogP contribution in [0, 0.1) is 10.1 Å². The van der Waals surface area contributed by atoms with Crippen molar-refractivity contribution in [3.05, 3.63) is 33.4 Å². The summed E-state index contributed by atoms with van der Waals surface area (Å²) in [4.78, 5) is 47.1. The Morgan fingerprint density at radius 2 is 1.93 bits per heavy atom. The quantitative estimate of drug-likeness (QED) is 0.268. The first kappa shape index (κ1) is 22.9. The Morgan fingerprint density at radius 3 is 2.43 bits per heavy atom. The second-order valence-electron chi connectivity index (χ2n) is 6.64. The summed E-state index contributed by atoms with van der Waals surface area (Å²) in [5.41, 5.74) is 4.79. The fourth-order valence-corrected chi connectivity index (χ4v) is 2.58. The number of nitrogens with two attached hydrogens (primary N) is 1. The highest BCUT2D eigenvalue weighted by molar-refractivity contribution is 6.05. The Morgan fingerprint density at radius 1 is 1.29 bits per heavy atom. The molecule has 0 saturated carbocycles. The van der Waals surface area contributed by atoms with Crippen LogP contribution in [-0.2, 0) is 4.74 Å². The van der Waals surface area contributed by atoms with Crippen LogP contribution in [0.2, 0.25) is 0 Å². The van der Waals surface area contributed by atoms with Gasteiger partial charge in [-0.2, -0.15) is 0 Å². The number of ether oxygens (including phenoxy) is 1. The van der Waals surface area contributed by atoms with E-state index in [4.69, 9.17) is 5.73 Å². The fourth-order valence-electron chi connectivity index (χ4n) is 2.58. The maximum atomic E-state index is 12.6. The van der Waals surface area contributed by atoms with Gasteiger partial charge in [0, 0.05) is 31.8 Å². The van der Waals surface area contributed by atoms with E-state index in [0.29, 0.717) is 19.3 Å². The van der Waals surface area contributed by atoms with Crippen molar-refractivity contribution in [2.24, 2.45) is 5.73 Å². The number of Topliss-reactive ketones (excluding diaryl/α,β-unsaturated/α-hetero) is 1. The molecule has 0 aliphatic carbocycles. The standard InChI is InChI=1S/C18H26N4O6/c1-11(7-5-6-8-28-18(19)25)20-16-14(17(24)21(3)4)9-13(12(2)23)10-15(16)22(26)27/h9-11,20H,5-8H2,1-4H3,(H2,19,25). The molecule has 154 valence electrons. The van der Waals surface area contributed by atoms with Crippen LogP contribution in [-0.4, -0.2) is 54.4 Å². The molecule has 0 spiro atoms. The van der Waals surface area contributed by atoms with Crippen molar-refractivity contribution in [1.82, 2.24) is 4.90 Å². The molecule has 1 aromatic carbocycles. The molecule has 0 fully saturated rings. The first-order valence-corrected chi connectivity index (χ1v) is 8.78. The highest BCUT2D eigenvalue weighted by Gasteiger charge is 2.26. The van der Waals surface area contributed by atoms with Crippen molar-refractivity contribution in [3.8, 4) is 0 Å². The van der Waals surface area contributed by atoms with Gasteiger partial charge < -0.3 is 20.7 Å². The Bertz CT molecular complexity index is 763. The third kappa shape index (κ3) is 6.53. The Labute approximate surface area is 163 Å². The van der Waals surface area contributed by atoms with Crippen molar-refractivity contribution in [3.63, 3.8) is 0 Å². The molecule has 1 unspecified atom stereocenters. The molecular weight excluding hydrogens is 368 g/mol. The number of anilines is 1. The lowest BCUT2D eigenvalue weighted by atomic mass is 10.0. The van der Waals surface area contributed by atoms with Gasteiger partial charge in [-0.15, -0.1) is 0 Å². The summed E-state index contributed by atoms with van der Waals surface area (Å²) in [7, 11) is 3.06. The fraction of sp³-hybridized carbons (Fsp3) is 0.500. The maximum absolute atomic E-state index is 12.6. The molecule has 0 heterocycles. The van der Waals surface area contributed by atoms with Gasteiger partial charge in [0.25, 0.3) is 11.6 Å². The molecule has 1 atom stereocenters. The predicted molar refractivity (Wildman–Crippen MR) is 104 cm³/mol. The number of nitrogens with one attached hydrogen (secondary N) is 1. The number of amides is 2. The maximum Gasteiger partial charge on any atom is 0.404 e. The van der Waals surface area contributed by atoms with Crippen LogP contribution in [0.4, 0.5) is 16.2 Å². The van der Waals surface area contributed by atoms with Gasteiger partial charge in [0.15, 0.2) is 5.78 Å². The third-order valence-corrected chi connectivity index (χ3v) is 4.02. The van der Waals surface area contributed by atoms with Crippen LogP contribution in [0.1, 0.15) is 53.8 Å². The van der Waals surface area contributed by atoms with E-state index in [9.17, 15) is 24.5 Å². The van der Waals surface area contributed by atoms with E-state index >= 15 is 0 Å². The number of carbonyl (C=O) groups excluding carboxylic acids is 3. The average molecular weight is 394 g/mol. The topological polar surface area (TPSA) is 145 Å². The van der Waals surface area contributed by atoms with Gasteiger partial charge >= 0.3 is 6.09 Å². The van der Waals surface area contributed by atoms with Crippen LogP contribution in [0.3, 0.4) is 0 Å². The minimum Gasteiger partial charge on any atom is -0.450 e. The first-order valence-electron chi connectivity index (χ1n) is 8.78. The van der Waals surface area contributed by atoms with E-state index in [2.05, 4.69) is 10.1 Å². The van der Waals surface area contributed by atoms with Crippen molar-refractivity contribution >= 4 is 29.2 Å². The first-order chi connectivity index (χ1) is 13.0. The largest absolute Gasteiger partial charge is 0.450 e. The van der Waals surface area contributed by atoms with E-state index in [1.54, 1.807) is 0 Å². The number of hydrogen-bond donors (Lipinski definition) is 2. The summed E-state index contributed by atoms with van der Waals surface area (Å²) in [6, 6.07) is 2.34. The van der Waals surface area contributed by atoms with Gasteiger partial charge in [-0.1, -0.05) is 0 Å². The van der Waals surface area contributed by atoms with Crippen LogP contribution in [0.5, 0.6) is 0 Å². The Kier molecular flexibility index (Phi) is 8.36. The lowest BCUT2D eigenvalue weighted by Gasteiger charge is -2.20. The highest BCUT2D eigenvalue weighted by atomic mass is 16.6. The highest BCUT2D eigenvalue weighted by Crippen LogP contribution is 2.32. The monoisotopic (exact) mass is 394 g/mol. The van der Waals surface area contributed by atoms with E-state index in [1.165, 1.54) is 38.1 Å². The van der Waals surface area contributed by atoms with Gasteiger partial charge in [-0.3, -0.25) is 19.7 Å². The molecule has 0 aliphatic heterocycles. The van der Waals surface area contributed by atoms with Crippen LogP contribution in [0.15, 0.2) is 12.1 Å². The van der Waals surface area contributed by atoms with Gasteiger partial charge in [-0.05, 0) is 39.2 Å². The normalized spacial score (nSPS) is 11.4. The lowest BCUT2D eigenvalue weighted by molar-refractivity contribution is -0.384. The second-order valence-corrected chi connectivity index (χ2v) is 6.64. The summed E-state index contributed by atoms with van der Waals surface area (Å²) in [5, 5.41) is 14.6. The second kappa shape index (κ2) is 10.2. The molecule has 2 amide bonds. The van der Waals surface area contributed by atoms with Crippen LogP contribution in [0.25, 0.3) is 0 Å². The summed E-state index contributed by atoms with van der Waals surface area (Å²) in [5.74, 6) is -0.819. The number of hydrogen-bond acceptors (Lipinski definition) is 7. The Hall–Kier alpha value is -3.17. The van der Waals surface area contributed by atoms with Crippen LogP contribution >= 0.6 is 0 Å². The van der Waals surface area contributed by atoms with E-state index in [1.807, 2.05) is 6.92 Å². The molecule has 3 N–H and O–H groups in total. The van der Waals surface area contributed by atoms with Crippen molar-refractivity contribution in [1.29, 1.82) is 0 Å². The summed E-state index contributed by atoms with van der Waals surface area (Å²) in [6.45, 7) is 3.30. The molecule has 0 saturated heterocycles. The smallest absolute Gasteiger partial charge is 0.404 e. The minimum absolute atomic E-state index is 0.0633. The third-order valence-electron chi connectivity index (χ3n) is 4.02. The molecule has 0 bridgehead atoms. The zero-order valence-corrected chi connectivity index (χ0v) is 16.5. The van der Waals surface area contributed by atoms with Crippen molar-refractivity contribution in [2.75, 3.05) is 26.0 Å². The number of benzene rings is 1. The summed E-state index contributed by atoms with van der Waals surface area (Å²) < 4.78 is 4.65. The van der Waals surface area contributed by atoms with Crippen molar-refractivity contribution in [2.45, 2.75) is 39.2 Å². The zero-order chi connectivity index (χ0) is 21.4.